The predicted molar refractivity (Wildman–Crippen MR) is 103 cm³/mol. The lowest BCUT2D eigenvalue weighted by Crippen LogP contribution is -2.48. The average molecular weight is 465 g/mol. The SMILES string of the molecule is CCN1CCN(CC(C)CNC(=NC)NCCC(F)(F)F)CC1.I. The molecule has 1 saturated heterocycles. The van der Waals surface area contributed by atoms with E-state index in [4.69, 9.17) is 0 Å². The minimum absolute atomic E-state index is 0. The van der Waals surface area contributed by atoms with Crippen LogP contribution in [0.2, 0.25) is 0 Å². The summed E-state index contributed by atoms with van der Waals surface area (Å²) in [5.74, 6) is 0.834. The molecule has 1 atom stereocenters. The number of guanidine groups is 1. The molecule has 0 aromatic carbocycles. The molecule has 0 aromatic heterocycles. The van der Waals surface area contributed by atoms with Gasteiger partial charge in [-0.3, -0.25) is 4.99 Å². The van der Waals surface area contributed by atoms with Gasteiger partial charge < -0.3 is 20.4 Å². The normalized spacial score (nSPS) is 18.8. The molecular formula is C15H31F3IN5. The zero-order chi connectivity index (χ0) is 17.3. The number of nitrogens with zero attached hydrogens (tertiary/aromatic N) is 3. The van der Waals surface area contributed by atoms with Crippen LogP contribution >= 0.6 is 24.0 Å². The summed E-state index contributed by atoms with van der Waals surface area (Å²) in [6, 6.07) is 0. The Morgan fingerprint density at radius 1 is 1.12 bits per heavy atom. The van der Waals surface area contributed by atoms with Crippen LogP contribution in [0.3, 0.4) is 0 Å². The molecule has 1 fully saturated rings. The number of rotatable bonds is 7. The Kier molecular flexibility index (Phi) is 12.0. The van der Waals surface area contributed by atoms with Gasteiger partial charge in [-0.2, -0.15) is 13.2 Å². The second kappa shape index (κ2) is 12.1. The van der Waals surface area contributed by atoms with Crippen molar-refractivity contribution in [3.05, 3.63) is 0 Å². The highest BCUT2D eigenvalue weighted by molar-refractivity contribution is 14.0. The second-order valence-corrected chi connectivity index (χ2v) is 6.09. The van der Waals surface area contributed by atoms with Gasteiger partial charge >= 0.3 is 6.18 Å². The quantitative estimate of drug-likeness (QED) is 0.343. The Hall–Kier alpha value is -0.290. The third-order valence-electron chi connectivity index (χ3n) is 4.02. The fourth-order valence-corrected chi connectivity index (χ4v) is 2.61. The van der Waals surface area contributed by atoms with Gasteiger partial charge in [-0.15, -0.1) is 24.0 Å². The van der Waals surface area contributed by atoms with Gasteiger partial charge in [-0.05, 0) is 12.5 Å². The highest BCUT2D eigenvalue weighted by Crippen LogP contribution is 2.18. The van der Waals surface area contributed by atoms with Crippen LogP contribution in [0.4, 0.5) is 13.2 Å². The smallest absolute Gasteiger partial charge is 0.356 e. The number of halogens is 4. The molecule has 2 N–H and O–H groups in total. The molecule has 1 unspecified atom stereocenters. The fraction of sp³-hybridized carbons (Fsp3) is 0.933. The van der Waals surface area contributed by atoms with Crippen LogP contribution in [0.15, 0.2) is 4.99 Å². The maximum atomic E-state index is 12.1. The first-order valence-electron chi connectivity index (χ1n) is 8.30. The van der Waals surface area contributed by atoms with E-state index < -0.39 is 12.6 Å². The van der Waals surface area contributed by atoms with E-state index in [0.717, 1.165) is 39.3 Å². The Morgan fingerprint density at radius 3 is 2.21 bits per heavy atom. The number of nitrogens with one attached hydrogen (secondary N) is 2. The molecular weight excluding hydrogens is 434 g/mol. The molecule has 1 rings (SSSR count). The van der Waals surface area contributed by atoms with Gasteiger partial charge in [0.25, 0.3) is 0 Å². The third-order valence-corrected chi connectivity index (χ3v) is 4.02. The van der Waals surface area contributed by atoms with Crippen molar-refractivity contribution in [3.63, 3.8) is 0 Å². The van der Waals surface area contributed by atoms with Crippen molar-refractivity contribution in [2.24, 2.45) is 10.9 Å². The van der Waals surface area contributed by atoms with Crippen LogP contribution < -0.4 is 10.6 Å². The lowest BCUT2D eigenvalue weighted by molar-refractivity contribution is -0.132. The lowest BCUT2D eigenvalue weighted by atomic mass is 10.1. The zero-order valence-electron chi connectivity index (χ0n) is 14.8. The van der Waals surface area contributed by atoms with Crippen molar-refractivity contribution in [1.82, 2.24) is 20.4 Å². The molecule has 0 radical (unpaired) electrons. The molecule has 0 spiro atoms. The van der Waals surface area contributed by atoms with Crippen LogP contribution in [0, 0.1) is 5.92 Å². The molecule has 0 saturated carbocycles. The molecule has 1 aliphatic rings. The highest BCUT2D eigenvalue weighted by Gasteiger charge is 2.26. The van der Waals surface area contributed by atoms with Crippen molar-refractivity contribution in [2.45, 2.75) is 26.4 Å². The van der Waals surface area contributed by atoms with Crippen molar-refractivity contribution < 1.29 is 13.2 Å². The molecule has 0 amide bonds. The lowest BCUT2D eigenvalue weighted by Gasteiger charge is -2.35. The van der Waals surface area contributed by atoms with Crippen LogP contribution in [0.25, 0.3) is 0 Å². The van der Waals surface area contributed by atoms with Gasteiger partial charge in [0.2, 0.25) is 0 Å². The van der Waals surface area contributed by atoms with E-state index in [9.17, 15) is 13.2 Å². The molecule has 144 valence electrons. The van der Waals surface area contributed by atoms with E-state index in [1.54, 1.807) is 7.05 Å². The van der Waals surface area contributed by atoms with E-state index in [1.807, 2.05) is 0 Å². The van der Waals surface area contributed by atoms with Gasteiger partial charge in [-0.25, -0.2) is 0 Å². The van der Waals surface area contributed by atoms with E-state index in [-0.39, 0.29) is 30.5 Å². The highest BCUT2D eigenvalue weighted by atomic mass is 127. The van der Waals surface area contributed by atoms with Gasteiger partial charge in [-0.1, -0.05) is 13.8 Å². The monoisotopic (exact) mass is 465 g/mol. The van der Waals surface area contributed by atoms with E-state index in [0.29, 0.717) is 18.4 Å². The molecule has 0 aromatic rings. The van der Waals surface area contributed by atoms with Gasteiger partial charge in [0.1, 0.15) is 0 Å². The standard InChI is InChI=1S/C15H30F3N5.HI/c1-4-22-7-9-23(10-8-22)12-13(2)11-21-14(19-3)20-6-5-15(16,17)18;/h13H,4-12H2,1-3H3,(H2,19,20,21);1H. The first-order valence-corrected chi connectivity index (χ1v) is 8.30. The Labute approximate surface area is 160 Å². The summed E-state index contributed by atoms with van der Waals surface area (Å²) in [6.07, 6.45) is -5.00. The first kappa shape index (κ1) is 23.7. The Balaban J connectivity index is 0.00000529. The summed E-state index contributed by atoms with van der Waals surface area (Å²) in [7, 11) is 1.57. The first-order chi connectivity index (χ1) is 10.8. The number of aliphatic imine (C=N–C) groups is 1. The van der Waals surface area contributed by atoms with Crippen LogP contribution in [0.5, 0.6) is 0 Å². The van der Waals surface area contributed by atoms with Crippen molar-refractivity contribution in [3.8, 4) is 0 Å². The summed E-state index contributed by atoms with van der Waals surface area (Å²) < 4.78 is 36.4. The van der Waals surface area contributed by atoms with Crippen molar-refractivity contribution >= 4 is 29.9 Å². The summed E-state index contributed by atoms with van der Waals surface area (Å²) in [5.41, 5.74) is 0. The summed E-state index contributed by atoms with van der Waals surface area (Å²) in [6.45, 7) is 11.3. The second-order valence-electron chi connectivity index (χ2n) is 6.09. The molecule has 1 heterocycles. The number of likely N-dealkylation sites (N-methyl/N-ethyl adjacent to an activating group) is 1. The van der Waals surface area contributed by atoms with Gasteiger partial charge in [0.15, 0.2) is 5.96 Å². The summed E-state index contributed by atoms with van der Waals surface area (Å²) in [5, 5.41) is 5.80. The number of hydrogen-bond donors (Lipinski definition) is 2. The maximum absolute atomic E-state index is 12.1. The van der Waals surface area contributed by atoms with E-state index in [2.05, 4.69) is 39.3 Å². The number of alkyl halides is 3. The van der Waals surface area contributed by atoms with Crippen molar-refractivity contribution in [2.75, 3.05) is 59.4 Å². The Morgan fingerprint density at radius 2 is 1.71 bits per heavy atom. The fourth-order valence-electron chi connectivity index (χ4n) is 2.61. The van der Waals surface area contributed by atoms with Crippen molar-refractivity contribution in [1.29, 1.82) is 0 Å². The van der Waals surface area contributed by atoms with Gasteiger partial charge in [0, 0.05) is 52.9 Å². The maximum Gasteiger partial charge on any atom is 0.390 e. The summed E-state index contributed by atoms with van der Waals surface area (Å²) in [4.78, 5) is 8.83. The average Bonchev–Trinajstić information content (AvgIpc) is 2.50. The van der Waals surface area contributed by atoms with Crippen LogP contribution in [-0.2, 0) is 0 Å². The zero-order valence-corrected chi connectivity index (χ0v) is 17.2. The van der Waals surface area contributed by atoms with E-state index in [1.165, 1.54) is 0 Å². The number of hydrogen-bond acceptors (Lipinski definition) is 3. The van der Waals surface area contributed by atoms with Crippen LogP contribution in [0.1, 0.15) is 20.3 Å². The molecule has 24 heavy (non-hydrogen) atoms. The van der Waals surface area contributed by atoms with Crippen LogP contribution in [-0.4, -0.2) is 81.3 Å². The number of piperazine rings is 1. The van der Waals surface area contributed by atoms with Gasteiger partial charge in [0.05, 0.1) is 6.42 Å². The third kappa shape index (κ3) is 10.5. The van der Waals surface area contributed by atoms with E-state index >= 15 is 0 Å². The molecule has 9 heteroatoms. The minimum atomic E-state index is -4.14. The molecule has 1 aliphatic heterocycles. The summed E-state index contributed by atoms with van der Waals surface area (Å²) >= 11 is 0. The molecule has 0 aliphatic carbocycles. The predicted octanol–water partition coefficient (Wildman–Crippen LogP) is 2.00. The largest absolute Gasteiger partial charge is 0.390 e. The topological polar surface area (TPSA) is 42.9 Å². The Bertz CT molecular complexity index is 358. The molecule has 0 bridgehead atoms. The minimum Gasteiger partial charge on any atom is -0.356 e. The molecule has 5 nitrogen and oxygen atoms in total.